The van der Waals surface area contributed by atoms with E-state index in [2.05, 4.69) is 37.9 Å². The summed E-state index contributed by atoms with van der Waals surface area (Å²) in [5.74, 6) is 0.833. The maximum Gasteiger partial charge on any atom is 0.225 e. The molecular weight excluding hydrogens is 274 g/mol. The molecule has 0 saturated carbocycles. The Labute approximate surface area is 132 Å². The fourth-order valence-electron chi connectivity index (χ4n) is 2.93. The summed E-state index contributed by atoms with van der Waals surface area (Å²) in [6.07, 6.45) is 7.85. The topological polar surface area (TPSA) is 45.2 Å². The summed E-state index contributed by atoms with van der Waals surface area (Å²) in [4.78, 5) is 17.8. The van der Waals surface area contributed by atoms with Crippen molar-refractivity contribution in [3.8, 4) is 0 Å². The standard InChI is InChI=1S/C17H23N5/c1-14-5-9-19-17(20-14)21(2)16-7-11-22(13-16)10-6-15-4-3-8-18-12-15/h3-5,8-9,12,16H,6-7,10-11,13H2,1-2H3. The summed E-state index contributed by atoms with van der Waals surface area (Å²) in [5.41, 5.74) is 2.32. The maximum atomic E-state index is 4.52. The Morgan fingerprint density at radius 2 is 2.23 bits per heavy atom. The third kappa shape index (κ3) is 3.60. The lowest BCUT2D eigenvalue weighted by molar-refractivity contribution is 0.337. The number of anilines is 1. The van der Waals surface area contributed by atoms with Crippen LogP contribution in [0.1, 0.15) is 17.7 Å². The first-order valence-electron chi connectivity index (χ1n) is 7.86. The summed E-state index contributed by atoms with van der Waals surface area (Å²) in [5, 5.41) is 0. The molecule has 0 spiro atoms. The fourth-order valence-corrected chi connectivity index (χ4v) is 2.93. The molecular formula is C17H23N5. The van der Waals surface area contributed by atoms with Gasteiger partial charge in [-0.05, 0) is 37.5 Å². The largest absolute Gasteiger partial charge is 0.340 e. The Morgan fingerprint density at radius 1 is 1.32 bits per heavy atom. The van der Waals surface area contributed by atoms with Gasteiger partial charge in [0.05, 0.1) is 0 Å². The number of nitrogens with zero attached hydrogens (tertiary/aromatic N) is 5. The van der Waals surface area contributed by atoms with Crippen LogP contribution in [-0.2, 0) is 6.42 Å². The molecule has 1 aliphatic rings. The average molecular weight is 297 g/mol. The molecule has 3 heterocycles. The van der Waals surface area contributed by atoms with Crippen LogP contribution in [0.4, 0.5) is 5.95 Å². The summed E-state index contributed by atoms with van der Waals surface area (Å²) in [6, 6.07) is 6.58. The van der Waals surface area contributed by atoms with E-state index in [4.69, 9.17) is 0 Å². The molecule has 0 aliphatic carbocycles. The highest BCUT2D eigenvalue weighted by atomic mass is 15.3. The summed E-state index contributed by atoms with van der Waals surface area (Å²) < 4.78 is 0. The first-order valence-corrected chi connectivity index (χ1v) is 7.86. The van der Waals surface area contributed by atoms with Crippen LogP contribution in [0.2, 0.25) is 0 Å². The zero-order chi connectivity index (χ0) is 15.4. The van der Waals surface area contributed by atoms with E-state index in [-0.39, 0.29) is 0 Å². The number of aryl methyl sites for hydroxylation is 1. The van der Waals surface area contributed by atoms with E-state index in [0.29, 0.717) is 6.04 Å². The van der Waals surface area contributed by atoms with Gasteiger partial charge in [0.25, 0.3) is 0 Å². The number of rotatable bonds is 5. The molecule has 0 aromatic carbocycles. The van der Waals surface area contributed by atoms with Crippen LogP contribution in [0.5, 0.6) is 0 Å². The third-order valence-corrected chi connectivity index (χ3v) is 4.33. The number of aromatic nitrogens is 3. The van der Waals surface area contributed by atoms with Crippen molar-refractivity contribution in [1.82, 2.24) is 19.9 Å². The first kappa shape index (κ1) is 14.9. The molecule has 0 N–H and O–H groups in total. The van der Waals surface area contributed by atoms with Crippen molar-refractivity contribution in [1.29, 1.82) is 0 Å². The van der Waals surface area contributed by atoms with Crippen LogP contribution in [-0.4, -0.2) is 52.6 Å². The van der Waals surface area contributed by atoms with Gasteiger partial charge in [-0.3, -0.25) is 4.98 Å². The maximum absolute atomic E-state index is 4.52. The smallest absolute Gasteiger partial charge is 0.225 e. The molecule has 1 aliphatic heterocycles. The van der Waals surface area contributed by atoms with Gasteiger partial charge in [0, 0.05) is 57.0 Å². The zero-order valence-corrected chi connectivity index (χ0v) is 13.3. The zero-order valence-electron chi connectivity index (χ0n) is 13.3. The number of hydrogen-bond acceptors (Lipinski definition) is 5. The van der Waals surface area contributed by atoms with Gasteiger partial charge in [0.2, 0.25) is 5.95 Å². The van der Waals surface area contributed by atoms with Crippen molar-refractivity contribution in [3.63, 3.8) is 0 Å². The van der Waals surface area contributed by atoms with Crippen molar-refractivity contribution >= 4 is 5.95 Å². The molecule has 1 atom stereocenters. The van der Waals surface area contributed by atoms with Crippen LogP contribution in [0.3, 0.4) is 0 Å². The number of likely N-dealkylation sites (N-methyl/N-ethyl adjacent to an activating group) is 1. The highest BCUT2D eigenvalue weighted by Crippen LogP contribution is 2.18. The van der Waals surface area contributed by atoms with E-state index in [1.807, 2.05) is 37.6 Å². The van der Waals surface area contributed by atoms with Crippen molar-refractivity contribution < 1.29 is 0 Å². The predicted octanol–water partition coefficient (Wildman–Crippen LogP) is 1.93. The van der Waals surface area contributed by atoms with Gasteiger partial charge >= 0.3 is 0 Å². The van der Waals surface area contributed by atoms with Crippen LogP contribution >= 0.6 is 0 Å². The number of hydrogen-bond donors (Lipinski definition) is 0. The normalized spacial score (nSPS) is 18.5. The number of pyridine rings is 1. The molecule has 1 fully saturated rings. The van der Waals surface area contributed by atoms with Gasteiger partial charge in [-0.2, -0.15) is 0 Å². The summed E-state index contributed by atoms with van der Waals surface area (Å²) >= 11 is 0. The fraction of sp³-hybridized carbons (Fsp3) is 0.471. The molecule has 3 rings (SSSR count). The van der Waals surface area contributed by atoms with Gasteiger partial charge < -0.3 is 9.80 Å². The van der Waals surface area contributed by atoms with Crippen molar-refractivity contribution in [2.75, 3.05) is 31.6 Å². The molecule has 1 saturated heterocycles. The van der Waals surface area contributed by atoms with E-state index < -0.39 is 0 Å². The molecule has 0 bridgehead atoms. The molecule has 116 valence electrons. The minimum absolute atomic E-state index is 0.496. The second-order valence-corrected chi connectivity index (χ2v) is 5.96. The Kier molecular flexibility index (Phi) is 4.63. The van der Waals surface area contributed by atoms with Gasteiger partial charge in [-0.15, -0.1) is 0 Å². The second-order valence-electron chi connectivity index (χ2n) is 5.96. The van der Waals surface area contributed by atoms with Crippen LogP contribution in [0.25, 0.3) is 0 Å². The summed E-state index contributed by atoms with van der Waals surface area (Å²) in [7, 11) is 2.10. The quantitative estimate of drug-likeness (QED) is 0.844. The molecule has 0 radical (unpaired) electrons. The lowest BCUT2D eigenvalue weighted by atomic mass is 10.2. The van der Waals surface area contributed by atoms with Gasteiger partial charge in [-0.1, -0.05) is 6.07 Å². The van der Waals surface area contributed by atoms with Crippen LogP contribution < -0.4 is 4.90 Å². The van der Waals surface area contributed by atoms with Crippen molar-refractivity contribution in [2.24, 2.45) is 0 Å². The van der Waals surface area contributed by atoms with E-state index in [0.717, 1.165) is 37.7 Å². The van der Waals surface area contributed by atoms with E-state index in [9.17, 15) is 0 Å². The van der Waals surface area contributed by atoms with E-state index >= 15 is 0 Å². The predicted molar refractivity (Wildman–Crippen MR) is 88.0 cm³/mol. The highest BCUT2D eigenvalue weighted by molar-refractivity contribution is 5.31. The minimum atomic E-state index is 0.496. The first-order chi connectivity index (χ1) is 10.7. The lowest BCUT2D eigenvalue weighted by Crippen LogP contribution is -2.36. The Balaban J connectivity index is 1.53. The Hall–Kier alpha value is -2.01. The molecule has 5 nitrogen and oxygen atoms in total. The van der Waals surface area contributed by atoms with Gasteiger partial charge in [-0.25, -0.2) is 9.97 Å². The highest BCUT2D eigenvalue weighted by Gasteiger charge is 2.26. The number of likely N-dealkylation sites (tertiary alicyclic amines) is 1. The summed E-state index contributed by atoms with van der Waals surface area (Å²) in [6.45, 7) is 5.31. The second kappa shape index (κ2) is 6.83. The SMILES string of the molecule is Cc1ccnc(N(C)C2CCN(CCc3cccnc3)C2)n1. The van der Waals surface area contributed by atoms with Gasteiger partial charge in [0.15, 0.2) is 0 Å². The van der Waals surface area contributed by atoms with Crippen LogP contribution in [0, 0.1) is 6.92 Å². The Morgan fingerprint density at radius 3 is 3.00 bits per heavy atom. The molecule has 1 unspecified atom stereocenters. The van der Waals surface area contributed by atoms with Crippen LogP contribution in [0.15, 0.2) is 36.8 Å². The van der Waals surface area contributed by atoms with Crippen molar-refractivity contribution in [3.05, 3.63) is 48.0 Å². The van der Waals surface area contributed by atoms with E-state index in [1.165, 1.54) is 12.0 Å². The average Bonchev–Trinajstić information content (AvgIpc) is 3.02. The molecule has 2 aromatic rings. The molecule has 22 heavy (non-hydrogen) atoms. The molecule has 5 heteroatoms. The lowest BCUT2D eigenvalue weighted by Gasteiger charge is -2.25. The minimum Gasteiger partial charge on any atom is -0.340 e. The van der Waals surface area contributed by atoms with Gasteiger partial charge in [0.1, 0.15) is 0 Å². The monoisotopic (exact) mass is 297 g/mol. The van der Waals surface area contributed by atoms with Crippen molar-refractivity contribution in [2.45, 2.75) is 25.8 Å². The molecule has 2 aromatic heterocycles. The molecule has 0 amide bonds. The van der Waals surface area contributed by atoms with E-state index in [1.54, 1.807) is 0 Å². The third-order valence-electron chi connectivity index (χ3n) is 4.33. The Bertz CT molecular complexity index is 601.